The molecule has 1 aliphatic heterocycles. The monoisotopic (exact) mass is 652 g/mol. The van der Waals surface area contributed by atoms with Gasteiger partial charge in [-0.15, -0.1) is 0 Å². The van der Waals surface area contributed by atoms with Crippen molar-refractivity contribution in [2.45, 2.75) is 26.3 Å². The van der Waals surface area contributed by atoms with Crippen LogP contribution in [0.5, 0.6) is 11.5 Å². The van der Waals surface area contributed by atoms with Crippen molar-refractivity contribution in [3.63, 3.8) is 0 Å². The van der Waals surface area contributed by atoms with Crippen molar-refractivity contribution in [1.29, 1.82) is 0 Å². The fourth-order valence-electron chi connectivity index (χ4n) is 4.20. The molecular weight excluding hydrogens is 627 g/mol. The molecule has 0 saturated carbocycles. The van der Waals surface area contributed by atoms with Crippen molar-refractivity contribution in [3.8, 4) is 11.5 Å². The molecule has 0 bridgehead atoms. The van der Waals surface area contributed by atoms with Gasteiger partial charge in [0.05, 0.1) is 28.1 Å². The van der Waals surface area contributed by atoms with E-state index < -0.39 is 22.4 Å². The van der Waals surface area contributed by atoms with E-state index >= 15 is 0 Å². The van der Waals surface area contributed by atoms with Gasteiger partial charge in [-0.3, -0.25) is 14.9 Å². The number of aromatic carboxylic acids is 1. The van der Waals surface area contributed by atoms with E-state index in [4.69, 9.17) is 27.9 Å². The zero-order valence-corrected chi connectivity index (χ0v) is 25.8. The van der Waals surface area contributed by atoms with Crippen molar-refractivity contribution in [3.05, 3.63) is 104 Å². The Morgan fingerprint density at radius 2 is 1.76 bits per heavy atom. The molecule has 14 heteroatoms. The van der Waals surface area contributed by atoms with Crippen LogP contribution >= 0.6 is 23.2 Å². The largest absolute Gasteiger partial charge is 0.478 e. The second-order valence-electron chi connectivity index (χ2n) is 10.2. The average molecular weight is 653 g/mol. The number of carbonyl (C=O) groups excluding carboxylic acids is 2. The smallest absolute Gasteiger partial charge is 0.345 e. The van der Waals surface area contributed by atoms with Gasteiger partial charge in [-0.2, -0.15) is 0 Å². The van der Waals surface area contributed by atoms with E-state index in [1.165, 1.54) is 18.2 Å². The standard InChI is InChI=1S/C17H17N3O3.C14H9Cl2NO5/c1-9(2)17(3)16(23)19-14(20-17)13-11(15(21)22)8-10-6-4-5-7-12(10)18-13;1-21-14(18)10-7-9(3-4-12(10)17(19)20)22-13-5-2-8(15)6-11(13)16/h4-9H,1-3H3,(H,21,22)(H,19,20,23);2-7H,1H3. The molecule has 1 atom stereocenters. The number of pyridine rings is 1. The van der Waals surface area contributed by atoms with Gasteiger partial charge in [0.15, 0.2) is 5.84 Å². The Morgan fingerprint density at radius 1 is 1.04 bits per heavy atom. The number of benzene rings is 3. The van der Waals surface area contributed by atoms with Crippen LogP contribution in [-0.4, -0.2) is 51.3 Å². The minimum absolute atomic E-state index is 0.0197. The number of hydrogen-bond acceptors (Lipinski definition) is 9. The number of nitrogens with zero attached hydrogens (tertiary/aromatic N) is 3. The molecule has 1 aromatic heterocycles. The van der Waals surface area contributed by atoms with E-state index in [0.717, 1.165) is 18.6 Å². The number of rotatable bonds is 7. The summed E-state index contributed by atoms with van der Waals surface area (Å²) in [5, 5.41) is 24.5. The Hall–Kier alpha value is -5.07. The summed E-state index contributed by atoms with van der Waals surface area (Å²) < 4.78 is 10.0. The zero-order valence-electron chi connectivity index (χ0n) is 24.3. The van der Waals surface area contributed by atoms with E-state index in [-0.39, 0.29) is 50.9 Å². The Morgan fingerprint density at radius 3 is 2.36 bits per heavy atom. The zero-order chi connectivity index (χ0) is 33.1. The molecule has 0 radical (unpaired) electrons. The van der Waals surface area contributed by atoms with Gasteiger partial charge in [0.25, 0.3) is 11.6 Å². The van der Waals surface area contributed by atoms with Crippen LogP contribution < -0.4 is 10.1 Å². The molecule has 0 fully saturated rings. The second kappa shape index (κ2) is 13.3. The molecule has 1 aliphatic rings. The number of esters is 1. The van der Waals surface area contributed by atoms with Gasteiger partial charge >= 0.3 is 11.9 Å². The van der Waals surface area contributed by atoms with Crippen molar-refractivity contribution in [1.82, 2.24) is 10.3 Å². The summed E-state index contributed by atoms with van der Waals surface area (Å²) in [4.78, 5) is 54.6. The van der Waals surface area contributed by atoms with Gasteiger partial charge < -0.3 is 19.9 Å². The number of aliphatic imine (C=N–C) groups is 1. The highest BCUT2D eigenvalue weighted by Crippen LogP contribution is 2.34. The number of carboxylic acid groups (broad SMARTS) is 1. The number of methoxy groups -OCH3 is 1. The van der Waals surface area contributed by atoms with Gasteiger partial charge in [-0.1, -0.05) is 55.2 Å². The first-order chi connectivity index (χ1) is 21.2. The van der Waals surface area contributed by atoms with Crippen molar-refractivity contribution >= 4 is 63.5 Å². The molecular formula is C31H26Cl2N4O8. The van der Waals surface area contributed by atoms with E-state index in [1.807, 2.05) is 26.0 Å². The molecule has 3 aromatic carbocycles. The maximum absolute atomic E-state index is 12.3. The molecule has 4 aromatic rings. The SMILES string of the molecule is CC(C)C1(C)N=C(c2nc3ccccc3cc2C(=O)O)NC1=O.COC(=O)c1cc(Oc2ccc(Cl)cc2Cl)ccc1[N+](=O)[O-]. The van der Waals surface area contributed by atoms with Gasteiger partial charge in [-0.05, 0) is 49.2 Å². The fraction of sp³-hybridized carbons (Fsp3) is 0.194. The van der Waals surface area contributed by atoms with Crippen LogP contribution in [0.15, 0.2) is 71.7 Å². The Kier molecular flexibility index (Phi) is 9.69. The van der Waals surface area contributed by atoms with Crippen LogP contribution in [-0.2, 0) is 9.53 Å². The number of fused-ring (bicyclic) bond motifs is 1. The average Bonchev–Trinajstić information content (AvgIpc) is 3.32. The lowest BCUT2D eigenvalue weighted by molar-refractivity contribution is -0.385. The number of carbonyl (C=O) groups is 3. The molecule has 0 aliphatic carbocycles. The second-order valence-corrected chi connectivity index (χ2v) is 11.0. The molecule has 0 saturated heterocycles. The number of carboxylic acids is 1. The summed E-state index contributed by atoms with van der Waals surface area (Å²) in [6.07, 6.45) is 0. The number of ether oxygens (including phenoxy) is 2. The van der Waals surface area contributed by atoms with E-state index in [1.54, 1.807) is 37.3 Å². The molecule has 5 rings (SSSR count). The molecule has 0 spiro atoms. The normalized spacial score (nSPS) is 15.5. The van der Waals surface area contributed by atoms with E-state index in [0.29, 0.717) is 16.3 Å². The summed E-state index contributed by atoms with van der Waals surface area (Å²) in [7, 11) is 1.13. The molecule has 2 heterocycles. The quantitative estimate of drug-likeness (QED) is 0.125. The fourth-order valence-corrected chi connectivity index (χ4v) is 4.65. The Bertz CT molecular complexity index is 1880. The van der Waals surface area contributed by atoms with Crippen molar-refractivity contribution in [2.75, 3.05) is 7.11 Å². The molecule has 1 unspecified atom stereocenters. The summed E-state index contributed by atoms with van der Waals surface area (Å²) in [6.45, 7) is 5.54. The van der Waals surface area contributed by atoms with Crippen LogP contribution in [0.2, 0.25) is 10.0 Å². The highest BCUT2D eigenvalue weighted by atomic mass is 35.5. The molecule has 232 valence electrons. The molecule has 45 heavy (non-hydrogen) atoms. The third kappa shape index (κ3) is 7.03. The number of nitrogens with one attached hydrogen (secondary N) is 1. The van der Waals surface area contributed by atoms with Crippen LogP contribution in [0.25, 0.3) is 10.9 Å². The predicted molar refractivity (Wildman–Crippen MR) is 168 cm³/mol. The number of aromatic nitrogens is 1. The van der Waals surface area contributed by atoms with Crippen LogP contribution in [0, 0.1) is 16.0 Å². The summed E-state index contributed by atoms with van der Waals surface area (Å²) in [5.41, 5.74) is -0.637. The Balaban J connectivity index is 0.000000205. The molecule has 12 nitrogen and oxygen atoms in total. The first kappa shape index (κ1) is 32.8. The number of halogens is 2. The highest BCUT2D eigenvalue weighted by Gasteiger charge is 2.43. The minimum Gasteiger partial charge on any atom is -0.478 e. The topological polar surface area (TPSA) is 170 Å². The first-order valence-corrected chi connectivity index (χ1v) is 14.0. The first-order valence-electron chi connectivity index (χ1n) is 13.3. The summed E-state index contributed by atoms with van der Waals surface area (Å²) in [6, 6.07) is 17.1. The van der Waals surface area contributed by atoms with Crippen LogP contribution in [0.3, 0.4) is 0 Å². The van der Waals surface area contributed by atoms with Gasteiger partial charge in [0, 0.05) is 22.5 Å². The number of nitro groups is 1. The Labute approximate surface area is 266 Å². The molecule has 2 N–H and O–H groups in total. The van der Waals surface area contributed by atoms with Crippen LogP contribution in [0.4, 0.5) is 5.69 Å². The van der Waals surface area contributed by atoms with Crippen LogP contribution in [0.1, 0.15) is 47.2 Å². The lowest BCUT2D eigenvalue weighted by atomic mass is 9.89. The van der Waals surface area contributed by atoms with Gasteiger partial charge in [-0.25, -0.2) is 19.6 Å². The van der Waals surface area contributed by atoms with Gasteiger partial charge in [0.1, 0.15) is 28.3 Å². The summed E-state index contributed by atoms with van der Waals surface area (Å²) >= 11 is 11.8. The number of para-hydroxylation sites is 1. The number of amides is 1. The number of nitro benzene ring substituents is 1. The molecule has 1 amide bonds. The maximum atomic E-state index is 12.3. The minimum atomic E-state index is -1.10. The van der Waals surface area contributed by atoms with Gasteiger partial charge in [0.2, 0.25) is 0 Å². The third-order valence-corrected chi connectivity index (χ3v) is 7.56. The summed E-state index contributed by atoms with van der Waals surface area (Å²) in [5.74, 6) is -1.48. The highest BCUT2D eigenvalue weighted by molar-refractivity contribution is 6.35. The lowest BCUT2D eigenvalue weighted by Crippen LogP contribution is -2.41. The predicted octanol–water partition coefficient (Wildman–Crippen LogP) is 6.70. The van der Waals surface area contributed by atoms with Crippen molar-refractivity contribution < 1.29 is 33.9 Å². The maximum Gasteiger partial charge on any atom is 0.345 e. The third-order valence-electron chi connectivity index (χ3n) is 7.03. The number of hydrogen-bond donors (Lipinski definition) is 2. The van der Waals surface area contributed by atoms with E-state index in [9.17, 15) is 29.6 Å². The lowest BCUT2D eigenvalue weighted by Gasteiger charge is -2.21. The van der Waals surface area contributed by atoms with Crippen molar-refractivity contribution in [2.24, 2.45) is 10.9 Å². The van der Waals surface area contributed by atoms with E-state index in [2.05, 4.69) is 20.0 Å². The number of amidine groups is 1.